The molecule has 0 unspecified atom stereocenters. The van der Waals surface area contributed by atoms with Gasteiger partial charge in [0.05, 0.1) is 14.2 Å². The van der Waals surface area contributed by atoms with E-state index in [0.717, 1.165) is 36.1 Å². The molecule has 1 N–H and O–H groups in total. The van der Waals surface area contributed by atoms with Crippen LogP contribution in [0, 0.1) is 0 Å². The number of methoxy groups -OCH3 is 2. The smallest absolute Gasteiger partial charge is 0.161 e. The average Bonchev–Trinajstić information content (AvgIpc) is 3.64. The summed E-state index contributed by atoms with van der Waals surface area (Å²) in [5, 5.41) is 5.85. The Labute approximate surface area is 236 Å². The molecule has 4 heterocycles. The molecule has 2 fully saturated rings. The van der Waals surface area contributed by atoms with Crippen molar-refractivity contribution in [3.63, 3.8) is 0 Å². The number of nitrogens with zero attached hydrogens (tertiary/aromatic N) is 2. The number of ether oxygens (including phenoxy) is 2. The van der Waals surface area contributed by atoms with Gasteiger partial charge in [0, 0.05) is 34.7 Å². The van der Waals surface area contributed by atoms with Crippen LogP contribution in [-0.4, -0.2) is 61.2 Å². The number of likely N-dealkylation sites (tertiary alicyclic amines) is 2. The molecule has 5 nitrogen and oxygen atoms in total. The molecule has 39 heavy (non-hydrogen) atoms. The molecule has 6 heteroatoms. The summed E-state index contributed by atoms with van der Waals surface area (Å²) in [6, 6.07) is 16.3. The zero-order valence-electron chi connectivity index (χ0n) is 23.5. The first kappa shape index (κ1) is 26.4. The van der Waals surface area contributed by atoms with E-state index in [2.05, 4.69) is 68.9 Å². The Morgan fingerprint density at radius 1 is 0.897 bits per heavy atom. The number of aromatic amines is 1. The Bertz CT molecular complexity index is 1380. The quantitative estimate of drug-likeness (QED) is 0.253. The van der Waals surface area contributed by atoms with Crippen LogP contribution in [0.1, 0.15) is 55.2 Å². The number of benzene rings is 2. The first-order valence-corrected chi connectivity index (χ1v) is 15.5. The molecule has 0 amide bonds. The molecule has 0 spiro atoms. The fourth-order valence-corrected chi connectivity index (χ4v) is 7.47. The third kappa shape index (κ3) is 5.47. The molecule has 0 aliphatic carbocycles. The second-order valence-corrected chi connectivity index (χ2v) is 11.9. The van der Waals surface area contributed by atoms with Crippen LogP contribution < -0.4 is 9.47 Å². The van der Waals surface area contributed by atoms with E-state index in [1.807, 2.05) is 17.4 Å². The SMILES string of the molecule is CCc1c(-c2ccc(OC)c(OC)c2)[nH]c2ccc(C3CCN(C4CCN(Cc5ccsc5)CC4)CC3)cc12. The number of aryl methyl sites for hydroxylation is 1. The summed E-state index contributed by atoms with van der Waals surface area (Å²) >= 11 is 1.81. The maximum Gasteiger partial charge on any atom is 0.161 e. The maximum atomic E-state index is 5.58. The van der Waals surface area contributed by atoms with E-state index in [-0.39, 0.29) is 0 Å². The number of fused-ring (bicyclic) bond motifs is 1. The highest BCUT2D eigenvalue weighted by Crippen LogP contribution is 2.38. The molecule has 4 aromatic rings. The monoisotopic (exact) mass is 543 g/mol. The van der Waals surface area contributed by atoms with E-state index in [0.29, 0.717) is 5.92 Å². The number of aromatic nitrogens is 1. The van der Waals surface area contributed by atoms with E-state index in [4.69, 9.17) is 9.47 Å². The minimum absolute atomic E-state index is 0.647. The Morgan fingerprint density at radius 2 is 1.69 bits per heavy atom. The molecule has 2 aromatic carbocycles. The zero-order valence-corrected chi connectivity index (χ0v) is 24.4. The molecule has 0 atom stereocenters. The van der Waals surface area contributed by atoms with Crippen molar-refractivity contribution in [3.8, 4) is 22.8 Å². The van der Waals surface area contributed by atoms with Gasteiger partial charge in [0.15, 0.2) is 11.5 Å². The van der Waals surface area contributed by atoms with Gasteiger partial charge >= 0.3 is 0 Å². The fourth-order valence-electron chi connectivity index (χ4n) is 6.81. The molecule has 2 aliphatic heterocycles. The summed E-state index contributed by atoms with van der Waals surface area (Å²) in [7, 11) is 3.38. The van der Waals surface area contributed by atoms with Crippen LogP contribution in [-0.2, 0) is 13.0 Å². The molecular formula is C33H41N3O2S. The number of thiophene rings is 1. The number of piperidine rings is 2. The van der Waals surface area contributed by atoms with Gasteiger partial charge in [-0.1, -0.05) is 13.0 Å². The Balaban J connectivity index is 1.12. The third-order valence-electron chi connectivity index (χ3n) is 9.02. The summed E-state index contributed by atoms with van der Waals surface area (Å²) in [6.45, 7) is 8.28. The average molecular weight is 544 g/mol. The van der Waals surface area contributed by atoms with Crippen molar-refractivity contribution >= 4 is 22.2 Å². The number of hydrogen-bond acceptors (Lipinski definition) is 5. The van der Waals surface area contributed by atoms with Crippen molar-refractivity contribution in [2.75, 3.05) is 40.4 Å². The normalized spacial score (nSPS) is 18.1. The van der Waals surface area contributed by atoms with Gasteiger partial charge in [-0.25, -0.2) is 0 Å². The molecule has 2 aliphatic rings. The summed E-state index contributed by atoms with van der Waals surface area (Å²) in [5.41, 5.74) is 7.89. The first-order chi connectivity index (χ1) is 19.2. The first-order valence-electron chi connectivity index (χ1n) is 14.5. The van der Waals surface area contributed by atoms with Crippen LogP contribution >= 0.6 is 11.3 Å². The van der Waals surface area contributed by atoms with Gasteiger partial charge in [0.25, 0.3) is 0 Å². The highest BCUT2D eigenvalue weighted by Gasteiger charge is 2.29. The molecule has 0 radical (unpaired) electrons. The fraction of sp³-hybridized carbons (Fsp3) is 0.455. The molecule has 0 bridgehead atoms. The number of rotatable bonds is 8. The highest BCUT2D eigenvalue weighted by molar-refractivity contribution is 7.07. The lowest BCUT2D eigenvalue weighted by molar-refractivity contribution is 0.0846. The van der Waals surface area contributed by atoms with E-state index in [1.165, 1.54) is 85.1 Å². The van der Waals surface area contributed by atoms with Crippen molar-refractivity contribution < 1.29 is 9.47 Å². The van der Waals surface area contributed by atoms with E-state index < -0.39 is 0 Å². The minimum Gasteiger partial charge on any atom is -0.493 e. The van der Waals surface area contributed by atoms with Crippen LogP contribution in [0.2, 0.25) is 0 Å². The number of hydrogen-bond donors (Lipinski definition) is 1. The van der Waals surface area contributed by atoms with Crippen molar-refractivity contribution in [1.82, 2.24) is 14.8 Å². The van der Waals surface area contributed by atoms with Gasteiger partial charge in [0.2, 0.25) is 0 Å². The van der Waals surface area contributed by atoms with E-state index >= 15 is 0 Å². The van der Waals surface area contributed by atoms with E-state index in [1.54, 1.807) is 14.2 Å². The lowest BCUT2D eigenvalue weighted by Crippen LogP contribution is -2.47. The molecule has 6 rings (SSSR count). The van der Waals surface area contributed by atoms with Crippen LogP contribution in [0.3, 0.4) is 0 Å². The predicted molar refractivity (Wildman–Crippen MR) is 162 cm³/mol. The van der Waals surface area contributed by atoms with Crippen molar-refractivity contribution in [2.24, 2.45) is 0 Å². The molecule has 206 valence electrons. The Hall–Kier alpha value is -2.80. The Kier molecular flexibility index (Phi) is 7.96. The zero-order chi connectivity index (χ0) is 26.8. The van der Waals surface area contributed by atoms with E-state index in [9.17, 15) is 0 Å². The second-order valence-electron chi connectivity index (χ2n) is 11.2. The molecular weight excluding hydrogens is 502 g/mol. The van der Waals surface area contributed by atoms with Crippen LogP contribution in [0.4, 0.5) is 0 Å². The predicted octanol–water partition coefficient (Wildman–Crippen LogP) is 7.32. The topological polar surface area (TPSA) is 40.7 Å². The largest absolute Gasteiger partial charge is 0.493 e. The van der Waals surface area contributed by atoms with Gasteiger partial charge in [-0.2, -0.15) is 11.3 Å². The van der Waals surface area contributed by atoms with Crippen LogP contribution in [0.15, 0.2) is 53.2 Å². The minimum atomic E-state index is 0.647. The summed E-state index contributed by atoms with van der Waals surface area (Å²) in [4.78, 5) is 9.14. The second kappa shape index (κ2) is 11.7. The lowest BCUT2D eigenvalue weighted by Gasteiger charge is -2.42. The number of H-pyrrole nitrogens is 1. The summed E-state index contributed by atoms with van der Waals surface area (Å²) in [5.74, 6) is 2.16. The van der Waals surface area contributed by atoms with Crippen molar-refractivity contribution in [1.29, 1.82) is 0 Å². The van der Waals surface area contributed by atoms with Gasteiger partial charge in [-0.15, -0.1) is 0 Å². The summed E-state index contributed by atoms with van der Waals surface area (Å²) < 4.78 is 11.0. The van der Waals surface area contributed by atoms with Crippen molar-refractivity contribution in [3.05, 3.63) is 69.9 Å². The maximum absolute atomic E-state index is 5.58. The van der Waals surface area contributed by atoms with Gasteiger partial charge in [-0.05, 0) is 128 Å². The van der Waals surface area contributed by atoms with Crippen LogP contribution in [0.5, 0.6) is 11.5 Å². The van der Waals surface area contributed by atoms with Crippen LogP contribution in [0.25, 0.3) is 22.2 Å². The highest BCUT2D eigenvalue weighted by atomic mass is 32.1. The van der Waals surface area contributed by atoms with Gasteiger partial charge < -0.3 is 19.4 Å². The molecule has 0 saturated carbocycles. The Morgan fingerprint density at radius 3 is 2.38 bits per heavy atom. The lowest BCUT2D eigenvalue weighted by atomic mass is 9.87. The van der Waals surface area contributed by atoms with Gasteiger partial charge in [-0.3, -0.25) is 4.90 Å². The standard InChI is InChI=1S/C33H41N3O2S/c1-4-28-29-19-25(5-7-30(29)34-33(28)26-6-8-31(37-2)32(20-26)38-3)24-9-16-36(17-10-24)27-11-14-35(15-12-27)21-23-13-18-39-22-23/h5-8,13,18-20,22,24,27,34H,4,9-12,14-17,21H2,1-3H3. The number of nitrogens with one attached hydrogen (secondary N) is 1. The van der Waals surface area contributed by atoms with Gasteiger partial charge in [0.1, 0.15) is 0 Å². The van der Waals surface area contributed by atoms with Crippen molar-refractivity contribution in [2.45, 2.75) is 57.5 Å². The molecule has 2 aromatic heterocycles. The molecule has 2 saturated heterocycles. The summed E-state index contributed by atoms with van der Waals surface area (Å²) in [6.07, 6.45) is 6.12. The third-order valence-corrected chi connectivity index (χ3v) is 9.75.